The molecule has 0 aliphatic rings. The normalized spacial score (nSPS) is 10.8. The maximum absolute atomic E-state index is 12.1. The molecule has 0 aliphatic heterocycles. The number of carbonyl (C=O) groups is 2. The maximum Gasteiger partial charge on any atom is 0.354 e. The van der Waals surface area contributed by atoms with Gasteiger partial charge in [-0.05, 0) is 12.1 Å². The van der Waals surface area contributed by atoms with Crippen molar-refractivity contribution in [3.63, 3.8) is 0 Å². The molecule has 0 radical (unpaired) electrons. The lowest BCUT2D eigenvalue weighted by Crippen LogP contribution is -2.15. The van der Waals surface area contributed by atoms with Gasteiger partial charge in [0.1, 0.15) is 5.70 Å². The highest BCUT2D eigenvalue weighted by Crippen LogP contribution is 2.11. The molecule has 0 bridgehead atoms. The molecule has 4 heteroatoms. The zero-order valence-electron chi connectivity index (χ0n) is 11.6. The Morgan fingerprint density at radius 2 is 1.52 bits per heavy atom. The third-order valence-corrected chi connectivity index (χ3v) is 2.79. The number of para-hydroxylation sites is 1. The summed E-state index contributed by atoms with van der Waals surface area (Å²) >= 11 is 0. The van der Waals surface area contributed by atoms with E-state index in [2.05, 4.69) is 5.32 Å². The van der Waals surface area contributed by atoms with Crippen molar-refractivity contribution in [2.24, 2.45) is 0 Å². The van der Waals surface area contributed by atoms with Gasteiger partial charge in [0.2, 0.25) is 0 Å². The third-order valence-electron chi connectivity index (χ3n) is 2.79. The van der Waals surface area contributed by atoms with Crippen LogP contribution < -0.4 is 5.32 Å². The van der Waals surface area contributed by atoms with E-state index in [1.165, 1.54) is 13.2 Å². The summed E-state index contributed by atoms with van der Waals surface area (Å²) in [4.78, 5) is 23.9. The Bertz CT molecular complexity index is 648. The van der Waals surface area contributed by atoms with Gasteiger partial charge >= 0.3 is 5.97 Å². The van der Waals surface area contributed by atoms with Gasteiger partial charge < -0.3 is 10.1 Å². The first-order valence-electron chi connectivity index (χ1n) is 6.42. The topological polar surface area (TPSA) is 55.4 Å². The van der Waals surface area contributed by atoms with Crippen LogP contribution in [0.3, 0.4) is 0 Å². The average Bonchev–Trinajstić information content (AvgIpc) is 2.55. The Hall–Kier alpha value is -2.88. The Labute approximate surface area is 123 Å². The van der Waals surface area contributed by atoms with Gasteiger partial charge in [-0.15, -0.1) is 0 Å². The zero-order chi connectivity index (χ0) is 15.1. The molecule has 2 aromatic rings. The zero-order valence-corrected chi connectivity index (χ0v) is 11.6. The molecule has 0 spiro atoms. The lowest BCUT2D eigenvalue weighted by atomic mass is 10.1. The highest BCUT2D eigenvalue weighted by molar-refractivity contribution is 6.09. The molecule has 0 amide bonds. The Morgan fingerprint density at radius 3 is 2.10 bits per heavy atom. The van der Waals surface area contributed by atoms with Crippen LogP contribution in [0.15, 0.2) is 72.4 Å². The monoisotopic (exact) mass is 281 g/mol. The Morgan fingerprint density at radius 1 is 0.952 bits per heavy atom. The van der Waals surface area contributed by atoms with Crippen molar-refractivity contribution in [3.8, 4) is 0 Å². The highest BCUT2D eigenvalue weighted by atomic mass is 16.5. The number of hydrogen-bond acceptors (Lipinski definition) is 4. The molecule has 0 fully saturated rings. The van der Waals surface area contributed by atoms with Crippen LogP contribution in [0.1, 0.15) is 10.4 Å². The van der Waals surface area contributed by atoms with E-state index in [0.29, 0.717) is 11.3 Å². The summed E-state index contributed by atoms with van der Waals surface area (Å²) in [5.41, 5.74) is 1.31. The number of hydrogen-bond donors (Lipinski definition) is 1. The van der Waals surface area contributed by atoms with E-state index < -0.39 is 5.97 Å². The van der Waals surface area contributed by atoms with Crippen molar-refractivity contribution in [1.82, 2.24) is 0 Å². The molecule has 0 saturated heterocycles. The Balaban J connectivity index is 2.26. The van der Waals surface area contributed by atoms with Crippen LogP contribution in [0.5, 0.6) is 0 Å². The lowest BCUT2D eigenvalue weighted by molar-refractivity contribution is -0.135. The number of methoxy groups -OCH3 is 1. The second kappa shape index (κ2) is 7.05. The first kappa shape index (κ1) is 14.5. The SMILES string of the molecule is COC(=O)/C(=C/C(=O)c1ccccc1)Nc1ccccc1. The van der Waals surface area contributed by atoms with E-state index in [1.807, 2.05) is 24.3 Å². The number of allylic oxidation sites excluding steroid dienone is 1. The van der Waals surface area contributed by atoms with Crippen LogP contribution in [0, 0.1) is 0 Å². The molecular weight excluding hydrogens is 266 g/mol. The van der Waals surface area contributed by atoms with Crippen LogP contribution in [0.4, 0.5) is 5.69 Å². The van der Waals surface area contributed by atoms with Gasteiger partial charge in [0.05, 0.1) is 7.11 Å². The van der Waals surface area contributed by atoms with Gasteiger partial charge in [0.15, 0.2) is 5.78 Å². The third kappa shape index (κ3) is 4.04. The van der Waals surface area contributed by atoms with Gasteiger partial charge in [-0.2, -0.15) is 0 Å². The molecule has 0 atom stereocenters. The van der Waals surface area contributed by atoms with Crippen molar-refractivity contribution in [2.45, 2.75) is 0 Å². The fraction of sp³-hybridized carbons (Fsp3) is 0.0588. The van der Waals surface area contributed by atoms with Crippen molar-refractivity contribution >= 4 is 17.4 Å². The van der Waals surface area contributed by atoms with E-state index in [-0.39, 0.29) is 11.5 Å². The van der Waals surface area contributed by atoms with Gasteiger partial charge in [-0.1, -0.05) is 48.5 Å². The largest absolute Gasteiger partial charge is 0.464 e. The second-order valence-corrected chi connectivity index (χ2v) is 4.27. The van der Waals surface area contributed by atoms with Crippen LogP contribution >= 0.6 is 0 Å². The summed E-state index contributed by atoms with van der Waals surface area (Å²) < 4.78 is 4.70. The molecule has 1 N–H and O–H groups in total. The predicted molar refractivity (Wildman–Crippen MR) is 80.9 cm³/mol. The molecule has 0 aromatic heterocycles. The summed E-state index contributed by atoms with van der Waals surface area (Å²) in [5.74, 6) is -0.859. The van der Waals surface area contributed by atoms with E-state index in [1.54, 1.807) is 36.4 Å². The quantitative estimate of drug-likeness (QED) is 0.520. The fourth-order valence-corrected chi connectivity index (χ4v) is 1.75. The lowest BCUT2D eigenvalue weighted by Gasteiger charge is -2.08. The summed E-state index contributed by atoms with van der Waals surface area (Å²) in [6.45, 7) is 0. The van der Waals surface area contributed by atoms with Crippen LogP contribution in [-0.4, -0.2) is 18.9 Å². The highest BCUT2D eigenvalue weighted by Gasteiger charge is 2.13. The minimum atomic E-state index is -0.594. The van der Waals surface area contributed by atoms with E-state index in [4.69, 9.17) is 4.74 Å². The molecule has 0 saturated carbocycles. The summed E-state index contributed by atoms with van der Waals surface area (Å²) in [6, 6.07) is 17.9. The number of benzene rings is 2. The van der Waals surface area contributed by atoms with Crippen LogP contribution in [0.2, 0.25) is 0 Å². The number of ketones is 1. The fourth-order valence-electron chi connectivity index (χ4n) is 1.75. The molecule has 106 valence electrons. The summed E-state index contributed by atoms with van der Waals surface area (Å²) in [7, 11) is 1.27. The number of rotatable bonds is 5. The number of ether oxygens (including phenoxy) is 1. The summed E-state index contributed by atoms with van der Waals surface area (Å²) in [6.07, 6.45) is 1.24. The molecule has 0 unspecified atom stereocenters. The standard InChI is InChI=1S/C17H15NO3/c1-21-17(20)15(18-14-10-6-3-7-11-14)12-16(19)13-8-4-2-5-9-13/h2-12,18H,1H3/b15-12-. The van der Waals surface area contributed by atoms with Crippen molar-refractivity contribution in [3.05, 3.63) is 78.0 Å². The van der Waals surface area contributed by atoms with Crippen molar-refractivity contribution in [1.29, 1.82) is 0 Å². The van der Waals surface area contributed by atoms with Gasteiger partial charge in [-0.3, -0.25) is 4.79 Å². The molecule has 0 aliphatic carbocycles. The van der Waals surface area contributed by atoms with E-state index in [0.717, 1.165) is 0 Å². The smallest absolute Gasteiger partial charge is 0.354 e. The van der Waals surface area contributed by atoms with E-state index >= 15 is 0 Å². The van der Waals surface area contributed by atoms with Crippen LogP contribution in [-0.2, 0) is 9.53 Å². The average molecular weight is 281 g/mol. The Kier molecular flexibility index (Phi) is 4.88. The van der Waals surface area contributed by atoms with Crippen molar-refractivity contribution in [2.75, 3.05) is 12.4 Å². The minimum absolute atomic E-state index is 0.0950. The van der Waals surface area contributed by atoms with Crippen molar-refractivity contribution < 1.29 is 14.3 Å². The van der Waals surface area contributed by atoms with Gasteiger partial charge in [-0.25, -0.2) is 4.79 Å². The number of anilines is 1. The molecule has 4 nitrogen and oxygen atoms in total. The van der Waals surface area contributed by atoms with Crippen LogP contribution in [0.25, 0.3) is 0 Å². The maximum atomic E-state index is 12.1. The number of nitrogens with one attached hydrogen (secondary N) is 1. The van der Waals surface area contributed by atoms with Gasteiger partial charge in [0.25, 0.3) is 0 Å². The van der Waals surface area contributed by atoms with Gasteiger partial charge in [0, 0.05) is 17.3 Å². The number of carbonyl (C=O) groups excluding carboxylic acids is 2. The first-order valence-corrected chi connectivity index (χ1v) is 6.42. The molecule has 2 aromatic carbocycles. The molecular formula is C17H15NO3. The molecule has 0 heterocycles. The van der Waals surface area contributed by atoms with E-state index in [9.17, 15) is 9.59 Å². The minimum Gasteiger partial charge on any atom is -0.464 e. The number of esters is 1. The second-order valence-electron chi connectivity index (χ2n) is 4.27. The molecule has 2 rings (SSSR count). The summed E-state index contributed by atoms with van der Waals surface area (Å²) in [5, 5.41) is 2.90. The molecule has 21 heavy (non-hydrogen) atoms. The predicted octanol–water partition coefficient (Wildman–Crippen LogP) is 3.04. The first-order chi connectivity index (χ1) is 10.2.